The number of pyridine rings is 1. The van der Waals surface area contributed by atoms with Crippen molar-refractivity contribution in [3.05, 3.63) is 69.6 Å². The molecule has 0 aliphatic carbocycles. The van der Waals surface area contributed by atoms with Crippen molar-refractivity contribution in [1.29, 1.82) is 5.26 Å². The van der Waals surface area contributed by atoms with E-state index in [1.54, 1.807) is 12.3 Å². The predicted octanol–water partition coefficient (Wildman–Crippen LogP) is 1.84. The number of nitriles is 1. The van der Waals surface area contributed by atoms with Crippen molar-refractivity contribution in [2.75, 3.05) is 0 Å². The third-order valence-corrected chi connectivity index (χ3v) is 2.40. The lowest BCUT2D eigenvalue weighted by atomic mass is 10.0. The fourth-order valence-corrected chi connectivity index (χ4v) is 1.60. The van der Waals surface area contributed by atoms with E-state index < -0.39 is 0 Å². The standard InChI is InChI=1S/C13H10N2O/c14-9-12-11(6-7-15-13(12)16)8-10-4-2-1-3-5-10/h1-7H,8H2,(H,15,16). The molecule has 0 saturated heterocycles. The van der Waals surface area contributed by atoms with E-state index in [1.165, 1.54) is 0 Å². The lowest BCUT2D eigenvalue weighted by Gasteiger charge is -2.02. The lowest BCUT2D eigenvalue weighted by Crippen LogP contribution is -2.12. The maximum absolute atomic E-state index is 11.4. The van der Waals surface area contributed by atoms with Gasteiger partial charge in [-0.25, -0.2) is 0 Å². The molecule has 0 saturated carbocycles. The molecule has 2 aromatic rings. The summed E-state index contributed by atoms with van der Waals surface area (Å²) in [4.78, 5) is 13.9. The number of nitrogens with zero attached hydrogens (tertiary/aromatic N) is 1. The maximum atomic E-state index is 11.4. The van der Waals surface area contributed by atoms with Crippen LogP contribution in [0.15, 0.2) is 47.4 Å². The van der Waals surface area contributed by atoms with Gasteiger partial charge in [0.15, 0.2) is 0 Å². The lowest BCUT2D eigenvalue weighted by molar-refractivity contribution is 1.11. The Morgan fingerprint density at radius 3 is 2.62 bits per heavy atom. The van der Waals surface area contributed by atoms with Crippen LogP contribution in [0.4, 0.5) is 0 Å². The van der Waals surface area contributed by atoms with Gasteiger partial charge in [0.2, 0.25) is 0 Å². The number of rotatable bonds is 2. The number of aromatic nitrogens is 1. The highest BCUT2D eigenvalue weighted by Gasteiger charge is 2.06. The van der Waals surface area contributed by atoms with Crippen LogP contribution in [0.2, 0.25) is 0 Å². The maximum Gasteiger partial charge on any atom is 0.266 e. The first-order chi connectivity index (χ1) is 7.81. The summed E-state index contributed by atoms with van der Waals surface area (Å²) < 4.78 is 0. The second-order valence-corrected chi connectivity index (χ2v) is 3.48. The summed E-state index contributed by atoms with van der Waals surface area (Å²) in [6, 6.07) is 13.5. The molecule has 0 atom stereocenters. The SMILES string of the molecule is N#Cc1c(Cc2ccccc2)cc[nH]c1=O. The van der Waals surface area contributed by atoms with E-state index in [0.717, 1.165) is 11.1 Å². The molecule has 1 aromatic carbocycles. The van der Waals surface area contributed by atoms with Gasteiger partial charge in [0.25, 0.3) is 5.56 Å². The number of hydrogen-bond donors (Lipinski definition) is 1. The molecule has 2 rings (SSSR count). The van der Waals surface area contributed by atoms with Crippen LogP contribution in [0, 0.1) is 11.3 Å². The fourth-order valence-electron chi connectivity index (χ4n) is 1.60. The van der Waals surface area contributed by atoms with Gasteiger partial charge in [0.1, 0.15) is 11.6 Å². The zero-order valence-corrected chi connectivity index (χ0v) is 8.60. The minimum Gasteiger partial charge on any atom is -0.328 e. The van der Waals surface area contributed by atoms with E-state index in [1.807, 2.05) is 36.4 Å². The van der Waals surface area contributed by atoms with Crippen LogP contribution in [0.3, 0.4) is 0 Å². The summed E-state index contributed by atoms with van der Waals surface area (Å²) in [7, 11) is 0. The zero-order chi connectivity index (χ0) is 11.4. The Morgan fingerprint density at radius 1 is 1.19 bits per heavy atom. The average molecular weight is 210 g/mol. The van der Waals surface area contributed by atoms with Gasteiger partial charge in [-0.15, -0.1) is 0 Å². The second kappa shape index (κ2) is 4.45. The van der Waals surface area contributed by atoms with Crippen LogP contribution >= 0.6 is 0 Å². The molecule has 1 aromatic heterocycles. The van der Waals surface area contributed by atoms with Crippen molar-refractivity contribution in [1.82, 2.24) is 4.98 Å². The van der Waals surface area contributed by atoms with Crippen molar-refractivity contribution in [3.63, 3.8) is 0 Å². The van der Waals surface area contributed by atoms with Gasteiger partial charge >= 0.3 is 0 Å². The van der Waals surface area contributed by atoms with Gasteiger partial charge in [0.05, 0.1) is 0 Å². The summed E-state index contributed by atoms with van der Waals surface area (Å²) in [6.45, 7) is 0. The van der Waals surface area contributed by atoms with Crippen LogP contribution < -0.4 is 5.56 Å². The topological polar surface area (TPSA) is 56.6 Å². The van der Waals surface area contributed by atoms with Crippen LogP contribution in [0.1, 0.15) is 16.7 Å². The molecule has 1 heterocycles. The van der Waals surface area contributed by atoms with E-state index >= 15 is 0 Å². The molecule has 1 N–H and O–H groups in total. The normalized spacial score (nSPS) is 9.69. The highest BCUT2D eigenvalue weighted by molar-refractivity contribution is 5.38. The first kappa shape index (κ1) is 10.2. The van der Waals surface area contributed by atoms with Gasteiger partial charge in [-0.1, -0.05) is 30.3 Å². The molecular weight excluding hydrogens is 200 g/mol. The highest BCUT2D eigenvalue weighted by atomic mass is 16.1. The number of aromatic amines is 1. The van der Waals surface area contributed by atoms with Crippen LogP contribution in [-0.2, 0) is 6.42 Å². The zero-order valence-electron chi connectivity index (χ0n) is 8.60. The van der Waals surface area contributed by atoms with Gasteiger partial charge in [-0.3, -0.25) is 4.79 Å². The molecule has 3 heteroatoms. The minimum absolute atomic E-state index is 0.200. The molecule has 0 spiro atoms. The molecular formula is C13H10N2O. The summed E-state index contributed by atoms with van der Waals surface area (Å²) in [5.41, 5.74) is 1.73. The van der Waals surface area contributed by atoms with E-state index in [2.05, 4.69) is 4.98 Å². The van der Waals surface area contributed by atoms with E-state index in [9.17, 15) is 4.79 Å². The molecule has 3 nitrogen and oxygen atoms in total. The predicted molar refractivity (Wildman–Crippen MR) is 61.0 cm³/mol. The summed E-state index contributed by atoms with van der Waals surface area (Å²) in [5.74, 6) is 0. The second-order valence-electron chi connectivity index (χ2n) is 3.48. The number of H-pyrrole nitrogens is 1. The van der Waals surface area contributed by atoms with Crippen molar-refractivity contribution >= 4 is 0 Å². The third-order valence-electron chi connectivity index (χ3n) is 2.40. The first-order valence-electron chi connectivity index (χ1n) is 4.96. The number of nitrogens with one attached hydrogen (secondary N) is 1. The van der Waals surface area contributed by atoms with Gasteiger partial charge in [0, 0.05) is 6.20 Å². The Bertz CT molecular complexity index is 579. The molecule has 0 radical (unpaired) electrons. The summed E-state index contributed by atoms with van der Waals surface area (Å²) in [6.07, 6.45) is 2.18. The Labute approximate surface area is 93.0 Å². The van der Waals surface area contributed by atoms with Gasteiger partial charge in [-0.2, -0.15) is 5.26 Å². The number of hydrogen-bond acceptors (Lipinski definition) is 2. The first-order valence-corrected chi connectivity index (χ1v) is 4.96. The fraction of sp³-hybridized carbons (Fsp3) is 0.0769. The summed E-state index contributed by atoms with van der Waals surface area (Å²) >= 11 is 0. The molecule has 78 valence electrons. The van der Waals surface area contributed by atoms with Crippen molar-refractivity contribution in [2.24, 2.45) is 0 Å². The quantitative estimate of drug-likeness (QED) is 0.822. The van der Waals surface area contributed by atoms with Gasteiger partial charge < -0.3 is 4.98 Å². The third kappa shape index (κ3) is 2.01. The van der Waals surface area contributed by atoms with Crippen LogP contribution in [0.25, 0.3) is 0 Å². The van der Waals surface area contributed by atoms with Crippen molar-refractivity contribution < 1.29 is 0 Å². The molecule has 0 amide bonds. The molecule has 0 aliphatic rings. The van der Waals surface area contributed by atoms with E-state index in [-0.39, 0.29) is 11.1 Å². The Kier molecular flexibility index (Phi) is 2.84. The van der Waals surface area contributed by atoms with E-state index in [0.29, 0.717) is 6.42 Å². The average Bonchev–Trinajstić information content (AvgIpc) is 2.31. The molecule has 16 heavy (non-hydrogen) atoms. The Balaban J connectivity index is 2.40. The number of benzene rings is 1. The highest BCUT2D eigenvalue weighted by Crippen LogP contribution is 2.09. The smallest absolute Gasteiger partial charge is 0.266 e. The monoisotopic (exact) mass is 210 g/mol. The van der Waals surface area contributed by atoms with Crippen molar-refractivity contribution in [2.45, 2.75) is 6.42 Å². The van der Waals surface area contributed by atoms with Gasteiger partial charge in [-0.05, 0) is 23.6 Å². The van der Waals surface area contributed by atoms with Crippen LogP contribution in [-0.4, -0.2) is 4.98 Å². The molecule has 0 bridgehead atoms. The molecule has 0 aliphatic heterocycles. The Morgan fingerprint density at radius 2 is 1.94 bits per heavy atom. The van der Waals surface area contributed by atoms with Crippen molar-refractivity contribution in [3.8, 4) is 6.07 Å². The minimum atomic E-state index is -0.323. The summed E-state index contributed by atoms with van der Waals surface area (Å²) in [5, 5.41) is 8.91. The Hall–Kier alpha value is -2.34. The molecule has 0 fully saturated rings. The largest absolute Gasteiger partial charge is 0.328 e. The molecule has 0 unspecified atom stereocenters. The van der Waals surface area contributed by atoms with E-state index in [4.69, 9.17) is 5.26 Å². The van der Waals surface area contributed by atoms with Crippen LogP contribution in [0.5, 0.6) is 0 Å².